The Morgan fingerprint density at radius 2 is 1.67 bits per heavy atom. The smallest absolute Gasteiger partial charge is 0.254 e. The topological polar surface area (TPSA) is 103 Å². The van der Waals surface area contributed by atoms with Gasteiger partial charge in [0, 0.05) is 28.2 Å². The number of carbonyl (C=O) groups is 2. The van der Waals surface area contributed by atoms with Crippen molar-refractivity contribution in [3.63, 3.8) is 0 Å². The Balaban J connectivity index is 1.68. The molecule has 0 aliphatic carbocycles. The van der Waals surface area contributed by atoms with Gasteiger partial charge in [-0.3, -0.25) is 9.59 Å². The Labute approximate surface area is 233 Å². The second-order valence-electron chi connectivity index (χ2n) is 8.89. The Bertz CT molecular complexity index is 1470. The van der Waals surface area contributed by atoms with Crippen molar-refractivity contribution in [1.29, 1.82) is 5.26 Å². The van der Waals surface area contributed by atoms with Gasteiger partial charge in [-0.2, -0.15) is 5.26 Å². The predicted octanol–water partition coefficient (Wildman–Crippen LogP) is 6.10. The van der Waals surface area contributed by atoms with Crippen molar-refractivity contribution < 1.29 is 14.3 Å². The van der Waals surface area contributed by atoms with Crippen molar-refractivity contribution in [2.24, 2.45) is 0 Å². The summed E-state index contributed by atoms with van der Waals surface area (Å²) in [6.45, 7) is 6.05. The first-order chi connectivity index (χ1) is 18.9. The van der Waals surface area contributed by atoms with Gasteiger partial charge in [-0.25, -0.2) is 0 Å². The number of amides is 2. The Morgan fingerprint density at radius 3 is 2.38 bits per heavy atom. The Hall–Kier alpha value is -4.48. The first-order valence-corrected chi connectivity index (χ1v) is 13.6. The number of allylic oxidation sites excluding steroid dienone is 2. The SMILES string of the molecule is CCOc1ccccc1C1C(C#N)=C(SCC(=O)Nc2ccccc2C)NC(C)=C1C(=O)Nc1ccccc1. The van der Waals surface area contributed by atoms with Gasteiger partial charge in [0.15, 0.2) is 0 Å². The summed E-state index contributed by atoms with van der Waals surface area (Å²) in [5.74, 6) is -0.526. The molecule has 1 atom stereocenters. The zero-order chi connectivity index (χ0) is 27.8. The molecule has 1 heterocycles. The van der Waals surface area contributed by atoms with E-state index >= 15 is 0 Å². The van der Waals surface area contributed by atoms with Crippen molar-refractivity contribution in [2.75, 3.05) is 23.0 Å². The maximum atomic E-state index is 13.6. The third-order valence-corrected chi connectivity index (χ3v) is 7.24. The first-order valence-electron chi connectivity index (χ1n) is 12.6. The second kappa shape index (κ2) is 12.9. The fourth-order valence-electron chi connectivity index (χ4n) is 4.40. The molecule has 198 valence electrons. The van der Waals surface area contributed by atoms with Crippen molar-refractivity contribution in [3.05, 3.63) is 112 Å². The molecule has 1 aliphatic heterocycles. The number of ether oxygens (including phenoxy) is 1. The van der Waals surface area contributed by atoms with Gasteiger partial charge in [0.05, 0.1) is 34.9 Å². The number of hydrogen-bond donors (Lipinski definition) is 3. The zero-order valence-corrected chi connectivity index (χ0v) is 22.9. The molecule has 8 heteroatoms. The highest BCUT2D eigenvalue weighted by atomic mass is 32.2. The molecule has 3 aromatic rings. The molecule has 0 radical (unpaired) electrons. The number of thioether (sulfide) groups is 1. The molecule has 3 N–H and O–H groups in total. The van der Waals surface area contributed by atoms with Gasteiger partial charge in [-0.15, -0.1) is 0 Å². The largest absolute Gasteiger partial charge is 0.494 e. The van der Waals surface area contributed by atoms with Crippen LogP contribution in [-0.4, -0.2) is 24.2 Å². The third-order valence-electron chi connectivity index (χ3n) is 6.22. The van der Waals surface area contributed by atoms with Crippen LogP contribution in [-0.2, 0) is 9.59 Å². The normalized spacial score (nSPS) is 14.8. The van der Waals surface area contributed by atoms with E-state index in [1.165, 1.54) is 11.8 Å². The van der Waals surface area contributed by atoms with Gasteiger partial charge in [-0.05, 0) is 50.6 Å². The molecule has 0 fully saturated rings. The van der Waals surface area contributed by atoms with Crippen molar-refractivity contribution in [1.82, 2.24) is 5.32 Å². The van der Waals surface area contributed by atoms with Crippen LogP contribution < -0.4 is 20.7 Å². The Morgan fingerprint density at radius 1 is 0.974 bits per heavy atom. The Kier molecular flexibility index (Phi) is 9.08. The van der Waals surface area contributed by atoms with E-state index in [9.17, 15) is 14.9 Å². The molecule has 7 nitrogen and oxygen atoms in total. The maximum Gasteiger partial charge on any atom is 0.254 e. The number of benzene rings is 3. The number of nitrogens with zero attached hydrogens (tertiary/aromatic N) is 1. The lowest BCUT2D eigenvalue weighted by atomic mass is 9.81. The number of nitriles is 1. The number of nitrogens with one attached hydrogen (secondary N) is 3. The molecule has 0 saturated carbocycles. The lowest BCUT2D eigenvalue weighted by Gasteiger charge is -2.30. The fraction of sp³-hybridized carbons (Fsp3) is 0.194. The van der Waals surface area contributed by atoms with Gasteiger partial charge >= 0.3 is 0 Å². The monoisotopic (exact) mass is 538 g/mol. The average Bonchev–Trinajstić information content (AvgIpc) is 2.93. The van der Waals surface area contributed by atoms with E-state index in [-0.39, 0.29) is 17.6 Å². The van der Waals surface area contributed by atoms with Crippen LogP contribution in [0.3, 0.4) is 0 Å². The molecule has 0 saturated heterocycles. The quantitative estimate of drug-likeness (QED) is 0.304. The van der Waals surface area contributed by atoms with Crippen LogP contribution in [0, 0.1) is 18.3 Å². The molecule has 1 unspecified atom stereocenters. The molecule has 1 aliphatic rings. The summed E-state index contributed by atoms with van der Waals surface area (Å²) in [6.07, 6.45) is 0. The van der Waals surface area contributed by atoms with E-state index in [0.717, 1.165) is 11.3 Å². The van der Waals surface area contributed by atoms with Crippen molar-refractivity contribution >= 4 is 35.0 Å². The third kappa shape index (κ3) is 6.51. The molecule has 0 bridgehead atoms. The standard InChI is InChI=1S/C31H30N4O3S/c1-4-38-26-17-11-9-15-23(26)29-24(18-32)31(39-19-27(36)35-25-16-10-8-12-20(25)2)33-21(3)28(29)30(37)34-22-13-6-5-7-14-22/h5-17,29,33H,4,19H2,1-3H3,(H,34,37)(H,35,36). The molecule has 0 aromatic heterocycles. The van der Waals surface area contributed by atoms with E-state index in [1.807, 2.05) is 92.7 Å². The summed E-state index contributed by atoms with van der Waals surface area (Å²) in [7, 11) is 0. The molecule has 0 spiro atoms. The number of rotatable bonds is 9. The van der Waals surface area contributed by atoms with Gasteiger partial charge in [0.25, 0.3) is 5.91 Å². The minimum atomic E-state index is -0.690. The van der Waals surface area contributed by atoms with Gasteiger partial charge in [0.1, 0.15) is 5.75 Å². The van der Waals surface area contributed by atoms with Crippen molar-refractivity contribution in [3.8, 4) is 11.8 Å². The van der Waals surface area contributed by atoms with Gasteiger partial charge in [-0.1, -0.05) is 66.4 Å². The number of hydrogen-bond acceptors (Lipinski definition) is 6. The van der Waals surface area contributed by atoms with Gasteiger partial charge < -0.3 is 20.7 Å². The molecular weight excluding hydrogens is 508 g/mol. The van der Waals surface area contributed by atoms with Crippen LogP contribution >= 0.6 is 11.8 Å². The van der Waals surface area contributed by atoms with Crippen LogP contribution in [0.1, 0.15) is 30.9 Å². The molecule has 39 heavy (non-hydrogen) atoms. The zero-order valence-electron chi connectivity index (χ0n) is 22.1. The molecular formula is C31H30N4O3S. The summed E-state index contributed by atoms with van der Waals surface area (Å²) in [5, 5.41) is 20.0. The van der Waals surface area contributed by atoms with Crippen LogP contribution in [0.2, 0.25) is 0 Å². The number of anilines is 2. The minimum Gasteiger partial charge on any atom is -0.494 e. The van der Waals surface area contributed by atoms with E-state index in [2.05, 4.69) is 22.0 Å². The molecule has 3 aromatic carbocycles. The van der Waals surface area contributed by atoms with Crippen LogP contribution in [0.5, 0.6) is 5.75 Å². The summed E-state index contributed by atoms with van der Waals surface area (Å²) in [5.41, 5.74) is 4.42. The predicted molar refractivity (Wildman–Crippen MR) is 156 cm³/mol. The average molecular weight is 539 g/mol. The maximum absolute atomic E-state index is 13.6. The van der Waals surface area contributed by atoms with Gasteiger partial charge in [0.2, 0.25) is 5.91 Å². The number of para-hydroxylation sites is 3. The summed E-state index contributed by atoms with van der Waals surface area (Å²) in [4.78, 5) is 26.4. The van der Waals surface area contributed by atoms with E-state index in [0.29, 0.717) is 45.5 Å². The van der Waals surface area contributed by atoms with Crippen molar-refractivity contribution in [2.45, 2.75) is 26.7 Å². The van der Waals surface area contributed by atoms with Crippen LogP contribution in [0.15, 0.2) is 101 Å². The molecule has 2 amide bonds. The van der Waals surface area contributed by atoms with E-state index in [1.54, 1.807) is 6.92 Å². The lowest BCUT2D eigenvalue weighted by molar-refractivity contribution is -0.114. The van der Waals surface area contributed by atoms with Crippen LogP contribution in [0.4, 0.5) is 11.4 Å². The van der Waals surface area contributed by atoms with E-state index in [4.69, 9.17) is 4.74 Å². The van der Waals surface area contributed by atoms with E-state index < -0.39 is 5.92 Å². The van der Waals surface area contributed by atoms with Crippen LogP contribution in [0.25, 0.3) is 0 Å². The number of carbonyl (C=O) groups excluding carboxylic acids is 2. The highest BCUT2D eigenvalue weighted by Gasteiger charge is 2.36. The number of dihydropyridines is 1. The first kappa shape index (κ1) is 27.6. The molecule has 4 rings (SSSR count). The number of aryl methyl sites for hydroxylation is 1. The highest BCUT2D eigenvalue weighted by Crippen LogP contribution is 2.44. The minimum absolute atomic E-state index is 0.0838. The summed E-state index contributed by atoms with van der Waals surface area (Å²) >= 11 is 1.23. The fourth-order valence-corrected chi connectivity index (χ4v) is 5.29. The summed E-state index contributed by atoms with van der Waals surface area (Å²) < 4.78 is 5.90. The summed E-state index contributed by atoms with van der Waals surface area (Å²) in [6, 6.07) is 26.5. The highest BCUT2D eigenvalue weighted by molar-refractivity contribution is 8.03. The second-order valence-corrected chi connectivity index (χ2v) is 9.88. The lowest BCUT2D eigenvalue weighted by Crippen LogP contribution is -2.31.